The van der Waals surface area contributed by atoms with E-state index in [1.807, 2.05) is 19.1 Å². The van der Waals surface area contributed by atoms with Gasteiger partial charge in [-0.05, 0) is 46.6 Å². The summed E-state index contributed by atoms with van der Waals surface area (Å²) < 4.78 is 0.628. The summed E-state index contributed by atoms with van der Waals surface area (Å²) in [6, 6.07) is 7.03. The van der Waals surface area contributed by atoms with E-state index in [0.29, 0.717) is 16.0 Å². The Hall–Kier alpha value is -1.75. The third-order valence-corrected chi connectivity index (χ3v) is 2.66. The van der Waals surface area contributed by atoms with Gasteiger partial charge in [-0.15, -0.1) is 0 Å². The second-order valence-corrected chi connectivity index (χ2v) is 4.30. The van der Waals surface area contributed by atoms with Gasteiger partial charge < -0.3 is 5.32 Å². The van der Waals surface area contributed by atoms with Crippen LogP contribution in [0.25, 0.3) is 0 Å². The molecule has 0 spiro atoms. The molecule has 0 unspecified atom stereocenters. The second-order valence-electron chi connectivity index (χ2n) is 3.49. The molecule has 0 saturated carbocycles. The highest BCUT2D eigenvalue weighted by Gasteiger charge is 2.08. The number of pyridine rings is 2. The molecule has 0 fully saturated rings. The number of hydrogen-bond acceptors (Lipinski definition) is 3. The van der Waals surface area contributed by atoms with Crippen molar-refractivity contribution in [1.82, 2.24) is 9.97 Å². The van der Waals surface area contributed by atoms with E-state index in [0.717, 1.165) is 5.56 Å². The molecule has 0 radical (unpaired) electrons. The Bertz CT molecular complexity index is 557. The Labute approximate surface area is 107 Å². The van der Waals surface area contributed by atoms with Crippen molar-refractivity contribution < 1.29 is 4.79 Å². The van der Waals surface area contributed by atoms with Crippen molar-refractivity contribution in [1.29, 1.82) is 0 Å². The maximum absolute atomic E-state index is 11.9. The van der Waals surface area contributed by atoms with Crippen LogP contribution in [0.5, 0.6) is 0 Å². The van der Waals surface area contributed by atoms with Crippen LogP contribution in [-0.4, -0.2) is 15.9 Å². The molecule has 5 heteroatoms. The molecule has 0 aliphatic heterocycles. The summed E-state index contributed by atoms with van der Waals surface area (Å²) in [5.74, 6) is 0.375. The van der Waals surface area contributed by atoms with Gasteiger partial charge in [-0.2, -0.15) is 0 Å². The van der Waals surface area contributed by atoms with Crippen molar-refractivity contribution in [3.63, 3.8) is 0 Å². The fourth-order valence-electron chi connectivity index (χ4n) is 1.34. The molecule has 0 saturated heterocycles. The van der Waals surface area contributed by atoms with Crippen molar-refractivity contribution in [2.45, 2.75) is 6.92 Å². The molecule has 1 amide bonds. The van der Waals surface area contributed by atoms with Crippen LogP contribution >= 0.6 is 15.9 Å². The summed E-state index contributed by atoms with van der Waals surface area (Å²) >= 11 is 3.22. The molecule has 0 aliphatic rings. The number of nitrogens with one attached hydrogen (secondary N) is 1. The fraction of sp³-hybridized carbons (Fsp3) is 0.0833. The minimum Gasteiger partial charge on any atom is -0.306 e. The lowest BCUT2D eigenvalue weighted by molar-refractivity contribution is 0.102. The molecular formula is C12H10BrN3O. The highest BCUT2D eigenvalue weighted by molar-refractivity contribution is 9.10. The number of rotatable bonds is 2. The van der Waals surface area contributed by atoms with Crippen LogP contribution in [-0.2, 0) is 0 Å². The molecule has 2 rings (SSSR count). The highest BCUT2D eigenvalue weighted by atomic mass is 79.9. The van der Waals surface area contributed by atoms with Crippen molar-refractivity contribution in [3.05, 3.63) is 52.4 Å². The Morgan fingerprint density at radius 2 is 2.12 bits per heavy atom. The van der Waals surface area contributed by atoms with Crippen LogP contribution in [0, 0.1) is 6.92 Å². The predicted molar refractivity (Wildman–Crippen MR) is 68.9 cm³/mol. The maximum Gasteiger partial charge on any atom is 0.256 e. The van der Waals surface area contributed by atoms with Crippen LogP contribution in [0.2, 0.25) is 0 Å². The van der Waals surface area contributed by atoms with E-state index in [1.165, 1.54) is 0 Å². The van der Waals surface area contributed by atoms with E-state index >= 15 is 0 Å². The van der Waals surface area contributed by atoms with Gasteiger partial charge in [-0.3, -0.25) is 4.79 Å². The normalized spacial score (nSPS) is 10.0. The standard InChI is InChI=1S/C12H10BrN3O/c1-8-3-2-5-15-11(8)16-12(17)9-4-6-14-10(13)7-9/h2-7H,1H3,(H,15,16,17). The van der Waals surface area contributed by atoms with Gasteiger partial charge in [0.25, 0.3) is 5.91 Å². The zero-order valence-corrected chi connectivity index (χ0v) is 10.7. The number of aryl methyl sites for hydroxylation is 1. The number of carbonyl (C=O) groups excluding carboxylic acids is 1. The molecule has 0 bridgehead atoms. The molecule has 1 N–H and O–H groups in total. The first kappa shape index (κ1) is 11.7. The first-order chi connectivity index (χ1) is 8.16. The van der Waals surface area contributed by atoms with E-state index < -0.39 is 0 Å². The summed E-state index contributed by atoms with van der Waals surface area (Å²) in [5, 5.41) is 2.76. The SMILES string of the molecule is Cc1cccnc1NC(=O)c1ccnc(Br)c1. The first-order valence-corrected chi connectivity index (χ1v) is 5.80. The minimum absolute atomic E-state index is 0.199. The van der Waals surface area contributed by atoms with Gasteiger partial charge >= 0.3 is 0 Å². The summed E-state index contributed by atoms with van der Waals surface area (Å²) in [6.45, 7) is 1.89. The van der Waals surface area contributed by atoms with Crippen molar-refractivity contribution in [3.8, 4) is 0 Å². The molecule has 0 aromatic carbocycles. The number of halogens is 1. The van der Waals surface area contributed by atoms with Crippen molar-refractivity contribution in [2.75, 3.05) is 5.32 Å². The molecular weight excluding hydrogens is 282 g/mol. The van der Waals surface area contributed by atoms with Gasteiger partial charge in [0.15, 0.2) is 0 Å². The number of anilines is 1. The zero-order chi connectivity index (χ0) is 12.3. The quantitative estimate of drug-likeness (QED) is 0.866. The minimum atomic E-state index is -0.199. The predicted octanol–water partition coefficient (Wildman–Crippen LogP) is 2.80. The van der Waals surface area contributed by atoms with Gasteiger partial charge in [0.1, 0.15) is 10.4 Å². The van der Waals surface area contributed by atoms with Crippen LogP contribution in [0.15, 0.2) is 41.3 Å². The van der Waals surface area contributed by atoms with Crippen LogP contribution in [0.1, 0.15) is 15.9 Å². The lowest BCUT2D eigenvalue weighted by Crippen LogP contribution is -2.13. The Morgan fingerprint density at radius 3 is 2.82 bits per heavy atom. The number of carbonyl (C=O) groups is 1. The van der Waals surface area contributed by atoms with E-state index in [1.54, 1.807) is 24.5 Å². The van der Waals surface area contributed by atoms with E-state index in [2.05, 4.69) is 31.2 Å². The largest absolute Gasteiger partial charge is 0.306 e. The smallest absolute Gasteiger partial charge is 0.256 e. The van der Waals surface area contributed by atoms with E-state index in [-0.39, 0.29) is 5.91 Å². The third-order valence-electron chi connectivity index (χ3n) is 2.23. The summed E-state index contributed by atoms with van der Waals surface area (Å²) in [7, 11) is 0. The number of nitrogens with zero attached hydrogens (tertiary/aromatic N) is 2. The first-order valence-electron chi connectivity index (χ1n) is 5.01. The molecule has 17 heavy (non-hydrogen) atoms. The highest BCUT2D eigenvalue weighted by Crippen LogP contribution is 2.13. The molecule has 4 nitrogen and oxygen atoms in total. The van der Waals surface area contributed by atoms with E-state index in [4.69, 9.17) is 0 Å². The Morgan fingerprint density at radius 1 is 1.29 bits per heavy atom. The molecule has 86 valence electrons. The third kappa shape index (κ3) is 2.88. The lowest BCUT2D eigenvalue weighted by Gasteiger charge is -2.06. The summed E-state index contributed by atoms with van der Waals surface area (Å²) in [4.78, 5) is 20.0. The summed E-state index contributed by atoms with van der Waals surface area (Å²) in [5.41, 5.74) is 1.46. The monoisotopic (exact) mass is 291 g/mol. The maximum atomic E-state index is 11.9. The van der Waals surface area contributed by atoms with Gasteiger partial charge in [-0.25, -0.2) is 9.97 Å². The van der Waals surface area contributed by atoms with E-state index in [9.17, 15) is 4.79 Å². The lowest BCUT2D eigenvalue weighted by atomic mass is 10.2. The number of hydrogen-bond donors (Lipinski definition) is 1. The van der Waals surface area contributed by atoms with Crippen molar-refractivity contribution in [2.24, 2.45) is 0 Å². The van der Waals surface area contributed by atoms with Gasteiger partial charge in [-0.1, -0.05) is 6.07 Å². The fourth-order valence-corrected chi connectivity index (χ4v) is 1.70. The average Bonchev–Trinajstić information content (AvgIpc) is 2.32. The van der Waals surface area contributed by atoms with Gasteiger partial charge in [0, 0.05) is 18.0 Å². The molecule has 0 atom stereocenters. The molecule has 0 aliphatic carbocycles. The number of amides is 1. The Kier molecular flexibility index (Phi) is 3.49. The van der Waals surface area contributed by atoms with Crippen LogP contribution < -0.4 is 5.32 Å². The second kappa shape index (κ2) is 5.05. The van der Waals surface area contributed by atoms with Crippen LogP contribution in [0.4, 0.5) is 5.82 Å². The van der Waals surface area contributed by atoms with Crippen molar-refractivity contribution >= 4 is 27.7 Å². The molecule has 2 aromatic rings. The molecule has 2 heterocycles. The van der Waals surface area contributed by atoms with Gasteiger partial charge in [0.05, 0.1) is 0 Å². The Balaban J connectivity index is 2.20. The topological polar surface area (TPSA) is 54.9 Å². The number of aromatic nitrogens is 2. The van der Waals surface area contributed by atoms with Gasteiger partial charge in [0.2, 0.25) is 0 Å². The summed E-state index contributed by atoms with van der Waals surface area (Å²) in [6.07, 6.45) is 3.22. The zero-order valence-electron chi connectivity index (χ0n) is 9.14. The van der Waals surface area contributed by atoms with Crippen LogP contribution in [0.3, 0.4) is 0 Å². The molecule has 2 aromatic heterocycles. The average molecular weight is 292 g/mol.